The molecule has 1 heterocycles. The summed E-state index contributed by atoms with van der Waals surface area (Å²) in [5, 5.41) is 32.1. The predicted octanol–water partition coefficient (Wildman–Crippen LogP) is 1.79. The molecule has 0 unspecified atom stereocenters. The van der Waals surface area contributed by atoms with Gasteiger partial charge >= 0.3 is 5.97 Å². The minimum atomic E-state index is -0.913. The van der Waals surface area contributed by atoms with Gasteiger partial charge in [-0.15, -0.1) is 0 Å². The Hall–Kier alpha value is -0.910. The van der Waals surface area contributed by atoms with E-state index in [9.17, 15) is 20.1 Å². The summed E-state index contributed by atoms with van der Waals surface area (Å²) in [6.07, 6.45) is 0.163. The first-order valence-corrected chi connectivity index (χ1v) is 9.61. The number of hydrogen-bond acceptors (Lipinski definition) is 5. The lowest BCUT2D eigenvalue weighted by molar-refractivity contribution is -0.146. The molecule has 5 heteroatoms. The van der Waals surface area contributed by atoms with E-state index in [1.165, 1.54) is 0 Å². The molecule has 0 bridgehead atoms. The molecule has 3 aliphatic carbocycles. The summed E-state index contributed by atoms with van der Waals surface area (Å²) in [5.74, 6) is -0.566. The van der Waals surface area contributed by atoms with Crippen molar-refractivity contribution in [3.05, 3.63) is 11.1 Å². The fraction of sp³-hybridized carbons (Fsp3) is 0.850. The second-order valence-electron chi connectivity index (χ2n) is 9.55. The summed E-state index contributed by atoms with van der Waals surface area (Å²) in [7, 11) is 0. The van der Waals surface area contributed by atoms with Crippen LogP contribution in [-0.4, -0.2) is 45.7 Å². The molecular formula is C20H30O5. The highest BCUT2D eigenvalue weighted by Gasteiger charge is 2.66. The van der Waals surface area contributed by atoms with Gasteiger partial charge in [0, 0.05) is 5.92 Å². The maximum Gasteiger partial charge on any atom is 0.337 e. The van der Waals surface area contributed by atoms with E-state index in [4.69, 9.17) is 4.74 Å². The highest BCUT2D eigenvalue weighted by Crippen LogP contribution is 2.64. The quantitative estimate of drug-likeness (QED) is 0.628. The largest absolute Gasteiger partial charge is 0.454 e. The number of fused-ring (bicyclic) bond motifs is 2. The number of aliphatic hydroxyl groups excluding tert-OH is 3. The number of carbonyl (C=O) groups excluding carboxylic acids is 1. The monoisotopic (exact) mass is 350 g/mol. The lowest BCUT2D eigenvalue weighted by atomic mass is 9.66. The highest BCUT2D eigenvalue weighted by molar-refractivity contribution is 5.94. The number of esters is 1. The molecule has 3 N–H and O–H groups in total. The van der Waals surface area contributed by atoms with Crippen LogP contribution in [0.1, 0.15) is 53.4 Å². The Labute approximate surface area is 149 Å². The SMILES string of the molecule is CC(C)[C@H]1[C@@H](O)[C@@H](O)[C@@H]2[C@H]3OC(=O)C4=C3[C@@](C)(CC[C@@H]4O)CC[C@@]21C. The van der Waals surface area contributed by atoms with Gasteiger partial charge in [0.1, 0.15) is 6.10 Å². The van der Waals surface area contributed by atoms with Crippen LogP contribution in [0, 0.1) is 28.6 Å². The molecule has 0 aromatic heterocycles. The van der Waals surface area contributed by atoms with E-state index in [1.54, 1.807) is 0 Å². The van der Waals surface area contributed by atoms with E-state index in [1.807, 2.05) is 0 Å². The number of rotatable bonds is 1. The minimum absolute atomic E-state index is 0.0375. The summed E-state index contributed by atoms with van der Waals surface area (Å²) in [4.78, 5) is 12.5. The Morgan fingerprint density at radius 1 is 1.08 bits per heavy atom. The lowest BCUT2D eigenvalue weighted by Gasteiger charge is -2.39. The Morgan fingerprint density at radius 2 is 1.76 bits per heavy atom. The normalized spacial score (nSPS) is 52.1. The van der Waals surface area contributed by atoms with Crippen LogP contribution in [0.5, 0.6) is 0 Å². The summed E-state index contributed by atoms with van der Waals surface area (Å²) >= 11 is 0. The number of ether oxygens (including phenoxy) is 1. The van der Waals surface area contributed by atoms with E-state index >= 15 is 0 Å². The van der Waals surface area contributed by atoms with Gasteiger partial charge in [-0.2, -0.15) is 0 Å². The molecule has 0 aromatic rings. The maximum absolute atomic E-state index is 12.5. The molecule has 2 saturated carbocycles. The molecule has 1 aliphatic heterocycles. The van der Waals surface area contributed by atoms with E-state index in [0.29, 0.717) is 12.0 Å². The molecule has 0 radical (unpaired) electrons. The number of aliphatic hydroxyl groups is 3. The third-order valence-electron chi connectivity index (χ3n) is 7.85. The van der Waals surface area contributed by atoms with Crippen LogP contribution in [0.25, 0.3) is 0 Å². The second-order valence-corrected chi connectivity index (χ2v) is 9.55. The topological polar surface area (TPSA) is 87.0 Å². The van der Waals surface area contributed by atoms with Gasteiger partial charge in [-0.3, -0.25) is 0 Å². The van der Waals surface area contributed by atoms with Gasteiger partial charge < -0.3 is 20.1 Å². The first-order chi connectivity index (χ1) is 11.6. The molecule has 140 valence electrons. The van der Waals surface area contributed by atoms with Crippen molar-refractivity contribution in [1.82, 2.24) is 0 Å². The fourth-order valence-electron chi connectivity index (χ4n) is 6.72. The Balaban J connectivity index is 1.89. The predicted molar refractivity (Wildman–Crippen MR) is 91.4 cm³/mol. The van der Waals surface area contributed by atoms with Crippen LogP contribution in [-0.2, 0) is 9.53 Å². The zero-order valence-electron chi connectivity index (χ0n) is 15.5. The summed E-state index contributed by atoms with van der Waals surface area (Å²) in [6.45, 7) is 8.48. The van der Waals surface area contributed by atoms with Crippen molar-refractivity contribution >= 4 is 5.97 Å². The van der Waals surface area contributed by atoms with Gasteiger partial charge in [0.25, 0.3) is 0 Å². The standard InChI is InChI=1S/C20H30O5/c1-9(2)12-15(22)16(23)14-17-13-11(18(24)25-17)10(21)5-6-19(13,3)7-8-20(12,14)4/h9-10,12,14-17,21-23H,5-8H2,1-4H3/t10-,12-,14+,15+,16-,17-,19-,20+/m0/s1. The van der Waals surface area contributed by atoms with Gasteiger partial charge in [0.15, 0.2) is 0 Å². The van der Waals surface area contributed by atoms with E-state index in [0.717, 1.165) is 24.8 Å². The summed E-state index contributed by atoms with van der Waals surface area (Å²) < 4.78 is 5.78. The highest BCUT2D eigenvalue weighted by atomic mass is 16.6. The van der Waals surface area contributed by atoms with Gasteiger partial charge in [-0.25, -0.2) is 4.79 Å². The van der Waals surface area contributed by atoms with Crippen LogP contribution >= 0.6 is 0 Å². The van der Waals surface area contributed by atoms with E-state index in [2.05, 4.69) is 27.7 Å². The average molecular weight is 350 g/mol. The van der Waals surface area contributed by atoms with Crippen LogP contribution in [0.2, 0.25) is 0 Å². The molecule has 8 atom stereocenters. The molecule has 4 rings (SSSR count). The first-order valence-electron chi connectivity index (χ1n) is 9.61. The van der Waals surface area contributed by atoms with Crippen molar-refractivity contribution in [3.8, 4) is 0 Å². The average Bonchev–Trinajstić information content (AvgIpc) is 2.93. The number of hydrogen-bond donors (Lipinski definition) is 3. The fourth-order valence-corrected chi connectivity index (χ4v) is 6.72. The van der Waals surface area contributed by atoms with Crippen molar-refractivity contribution in [2.75, 3.05) is 0 Å². The third-order valence-corrected chi connectivity index (χ3v) is 7.85. The van der Waals surface area contributed by atoms with Gasteiger partial charge in [0.05, 0.1) is 23.9 Å². The first kappa shape index (κ1) is 17.5. The zero-order chi connectivity index (χ0) is 18.3. The van der Waals surface area contributed by atoms with Crippen molar-refractivity contribution in [3.63, 3.8) is 0 Å². The Bertz CT molecular complexity index is 640. The Morgan fingerprint density at radius 3 is 2.40 bits per heavy atom. The molecule has 2 fully saturated rings. The molecule has 4 aliphatic rings. The second kappa shape index (κ2) is 5.30. The van der Waals surface area contributed by atoms with Gasteiger partial charge in [-0.1, -0.05) is 27.7 Å². The molecule has 0 spiro atoms. The van der Waals surface area contributed by atoms with Crippen LogP contribution in [0.4, 0.5) is 0 Å². The van der Waals surface area contributed by atoms with Crippen LogP contribution in [0.15, 0.2) is 11.1 Å². The van der Waals surface area contributed by atoms with Gasteiger partial charge in [-0.05, 0) is 53.9 Å². The van der Waals surface area contributed by atoms with Crippen molar-refractivity contribution in [2.24, 2.45) is 28.6 Å². The van der Waals surface area contributed by atoms with Crippen LogP contribution < -0.4 is 0 Å². The van der Waals surface area contributed by atoms with Crippen molar-refractivity contribution in [2.45, 2.75) is 77.8 Å². The van der Waals surface area contributed by atoms with Gasteiger partial charge in [0.2, 0.25) is 0 Å². The Kier molecular flexibility index (Phi) is 3.71. The smallest absolute Gasteiger partial charge is 0.337 e. The maximum atomic E-state index is 12.5. The molecular weight excluding hydrogens is 320 g/mol. The van der Waals surface area contributed by atoms with Crippen molar-refractivity contribution in [1.29, 1.82) is 0 Å². The molecule has 0 saturated heterocycles. The van der Waals surface area contributed by atoms with E-state index in [-0.39, 0.29) is 28.6 Å². The minimum Gasteiger partial charge on any atom is -0.454 e. The molecule has 25 heavy (non-hydrogen) atoms. The van der Waals surface area contributed by atoms with Crippen LogP contribution in [0.3, 0.4) is 0 Å². The van der Waals surface area contributed by atoms with Crippen molar-refractivity contribution < 1.29 is 24.9 Å². The molecule has 0 aromatic carbocycles. The van der Waals surface area contributed by atoms with E-state index < -0.39 is 30.4 Å². The molecule has 0 amide bonds. The number of carbonyl (C=O) groups is 1. The lowest BCUT2D eigenvalue weighted by Crippen LogP contribution is -2.41. The summed E-state index contributed by atoms with van der Waals surface area (Å²) in [5.41, 5.74) is 0.856. The summed E-state index contributed by atoms with van der Waals surface area (Å²) in [6, 6.07) is 0. The molecule has 5 nitrogen and oxygen atoms in total. The third kappa shape index (κ3) is 2.09. The zero-order valence-corrected chi connectivity index (χ0v) is 15.5.